The molecule has 1 saturated heterocycles. The van der Waals surface area contributed by atoms with Crippen LogP contribution in [0.3, 0.4) is 0 Å². The first kappa shape index (κ1) is 9.87. The minimum Gasteiger partial charge on any atom is -0.369 e. The van der Waals surface area contributed by atoms with Gasteiger partial charge in [-0.1, -0.05) is 31.0 Å². The van der Waals surface area contributed by atoms with Crippen LogP contribution in [0.4, 0.5) is 5.69 Å². The standard InChI is InChI=1S/C11H16N2S/c1-10-4-2-3-5-11(10)12-6-8-13(14)9-7-12/h2-5,14H,6-9H2,1H3. The van der Waals surface area contributed by atoms with Crippen LogP contribution in [0.15, 0.2) is 24.3 Å². The van der Waals surface area contributed by atoms with E-state index in [1.54, 1.807) is 0 Å². The van der Waals surface area contributed by atoms with Crippen molar-refractivity contribution >= 4 is 18.5 Å². The highest BCUT2D eigenvalue weighted by atomic mass is 32.1. The zero-order valence-electron chi connectivity index (χ0n) is 8.48. The van der Waals surface area contributed by atoms with Gasteiger partial charge in [-0.25, -0.2) is 4.31 Å². The molecule has 0 aromatic heterocycles. The summed E-state index contributed by atoms with van der Waals surface area (Å²) in [5, 5.41) is 0. The fourth-order valence-electron chi connectivity index (χ4n) is 1.86. The van der Waals surface area contributed by atoms with E-state index in [4.69, 9.17) is 0 Å². The van der Waals surface area contributed by atoms with Gasteiger partial charge in [0.15, 0.2) is 0 Å². The molecular formula is C11H16N2S. The molecule has 0 radical (unpaired) electrons. The number of hydrogen-bond acceptors (Lipinski definition) is 3. The Kier molecular flexibility index (Phi) is 2.99. The summed E-state index contributed by atoms with van der Waals surface area (Å²) in [7, 11) is 0. The van der Waals surface area contributed by atoms with Gasteiger partial charge in [0.1, 0.15) is 0 Å². The third-order valence-electron chi connectivity index (χ3n) is 2.71. The average Bonchev–Trinajstić information content (AvgIpc) is 2.20. The van der Waals surface area contributed by atoms with Crippen LogP contribution in [0.5, 0.6) is 0 Å². The quantitative estimate of drug-likeness (QED) is 0.705. The maximum atomic E-state index is 4.35. The summed E-state index contributed by atoms with van der Waals surface area (Å²) in [6.07, 6.45) is 0. The molecule has 2 nitrogen and oxygen atoms in total. The molecule has 76 valence electrons. The third-order valence-corrected chi connectivity index (χ3v) is 3.11. The predicted molar refractivity (Wildman–Crippen MR) is 64.0 cm³/mol. The van der Waals surface area contributed by atoms with E-state index in [1.165, 1.54) is 11.3 Å². The van der Waals surface area contributed by atoms with Crippen LogP contribution >= 0.6 is 12.8 Å². The second-order valence-electron chi connectivity index (χ2n) is 3.73. The summed E-state index contributed by atoms with van der Waals surface area (Å²) < 4.78 is 2.08. The Hall–Kier alpha value is -0.670. The molecule has 0 bridgehead atoms. The van der Waals surface area contributed by atoms with Crippen molar-refractivity contribution in [3.8, 4) is 0 Å². The molecule has 3 heteroatoms. The highest BCUT2D eigenvalue weighted by molar-refractivity contribution is 7.77. The first-order chi connectivity index (χ1) is 6.77. The second kappa shape index (κ2) is 4.24. The van der Waals surface area contributed by atoms with Gasteiger partial charge < -0.3 is 4.90 Å². The van der Waals surface area contributed by atoms with E-state index in [9.17, 15) is 0 Å². The lowest BCUT2D eigenvalue weighted by Gasteiger charge is -2.34. The van der Waals surface area contributed by atoms with Crippen molar-refractivity contribution in [1.29, 1.82) is 0 Å². The smallest absolute Gasteiger partial charge is 0.0396 e. The van der Waals surface area contributed by atoms with Crippen LogP contribution in [0.1, 0.15) is 5.56 Å². The third kappa shape index (κ3) is 2.04. The molecule has 1 aliphatic heterocycles. The lowest BCUT2D eigenvalue weighted by molar-refractivity contribution is 0.434. The van der Waals surface area contributed by atoms with Gasteiger partial charge in [-0.15, -0.1) is 0 Å². The Balaban J connectivity index is 2.12. The second-order valence-corrected chi connectivity index (χ2v) is 4.29. The predicted octanol–water partition coefficient (Wildman–Crippen LogP) is 1.96. The van der Waals surface area contributed by atoms with Gasteiger partial charge in [0.05, 0.1) is 0 Å². The van der Waals surface area contributed by atoms with Gasteiger partial charge in [-0.2, -0.15) is 0 Å². The summed E-state index contributed by atoms with van der Waals surface area (Å²) in [6, 6.07) is 8.56. The molecule has 1 aromatic rings. The molecule has 1 aromatic carbocycles. The van der Waals surface area contributed by atoms with Crippen LogP contribution in [0.25, 0.3) is 0 Å². The fourth-order valence-corrected chi connectivity index (χ4v) is 2.03. The highest BCUT2D eigenvalue weighted by Gasteiger charge is 2.15. The molecule has 1 heterocycles. The van der Waals surface area contributed by atoms with E-state index in [2.05, 4.69) is 53.2 Å². The van der Waals surface area contributed by atoms with Crippen molar-refractivity contribution in [2.75, 3.05) is 31.1 Å². The fraction of sp³-hybridized carbons (Fsp3) is 0.455. The first-order valence-corrected chi connectivity index (χ1v) is 5.42. The Labute approximate surface area is 91.1 Å². The van der Waals surface area contributed by atoms with E-state index in [0.29, 0.717) is 0 Å². The lowest BCUT2D eigenvalue weighted by atomic mass is 10.1. The van der Waals surface area contributed by atoms with Gasteiger partial charge in [-0.3, -0.25) is 0 Å². The van der Waals surface area contributed by atoms with Crippen molar-refractivity contribution in [2.24, 2.45) is 0 Å². The van der Waals surface area contributed by atoms with Crippen molar-refractivity contribution < 1.29 is 0 Å². The molecule has 1 fully saturated rings. The summed E-state index contributed by atoms with van der Waals surface area (Å²) in [5.41, 5.74) is 2.73. The Morgan fingerprint density at radius 2 is 1.71 bits per heavy atom. The van der Waals surface area contributed by atoms with Crippen LogP contribution in [0.2, 0.25) is 0 Å². The number of thiol groups is 1. The average molecular weight is 208 g/mol. The molecular weight excluding hydrogens is 192 g/mol. The Morgan fingerprint density at radius 3 is 2.36 bits per heavy atom. The lowest BCUT2D eigenvalue weighted by Crippen LogP contribution is -2.42. The summed E-state index contributed by atoms with van der Waals surface area (Å²) >= 11 is 4.35. The number of rotatable bonds is 1. The summed E-state index contributed by atoms with van der Waals surface area (Å²) in [5.74, 6) is 0. The maximum absolute atomic E-state index is 4.35. The normalized spacial score (nSPS) is 18.6. The molecule has 0 spiro atoms. The van der Waals surface area contributed by atoms with Crippen LogP contribution in [-0.2, 0) is 0 Å². The molecule has 1 aliphatic rings. The first-order valence-electron chi connectivity index (χ1n) is 5.02. The monoisotopic (exact) mass is 208 g/mol. The zero-order valence-corrected chi connectivity index (χ0v) is 9.37. The zero-order chi connectivity index (χ0) is 9.97. The largest absolute Gasteiger partial charge is 0.369 e. The minimum atomic E-state index is 1.04. The molecule has 0 amide bonds. The molecule has 0 aliphatic carbocycles. The van der Waals surface area contributed by atoms with E-state index in [-0.39, 0.29) is 0 Å². The number of benzene rings is 1. The summed E-state index contributed by atoms with van der Waals surface area (Å²) in [4.78, 5) is 2.43. The van der Waals surface area contributed by atoms with Crippen LogP contribution < -0.4 is 4.90 Å². The minimum absolute atomic E-state index is 1.04. The Morgan fingerprint density at radius 1 is 1.07 bits per heavy atom. The molecule has 0 atom stereocenters. The topological polar surface area (TPSA) is 6.48 Å². The van der Waals surface area contributed by atoms with Gasteiger partial charge in [0.25, 0.3) is 0 Å². The molecule has 14 heavy (non-hydrogen) atoms. The van der Waals surface area contributed by atoms with Gasteiger partial charge in [0, 0.05) is 31.9 Å². The van der Waals surface area contributed by atoms with Crippen molar-refractivity contribution in [2.45, 2.75) is 6.92 Å². The van der Waals surface area contributed by atoms with E-state index in [0.717, 1.165) is 26.2 Å². The van der Waals surface area contributed by atoms with Gasteiger partial charge in [-0.05, 0) is 18.6 Å². The van der Waals surface area contributed by atoms with Crippen molar-refractivity contribution in [3.05, 3.63) is 29.8 Å². The number of para-hydroxylation sites is 1. The molecule has 0 saturated carbocycles. The van der Waals surface area contributed by atoms with Crippen LogP contribution in [0, 0.1) is 6.92 Å². The molecule has 2 rings (SSSR count). The summed E-state index contributed by atoms with van der Waals surface area (Å²) in [6.45, 7) is 6.40. The SMILES string of the molecule is Cc1ccccc1N1CCN(S)CC1. The van der Waals surface area contributed by atoms with E-state index in [1.807, 2.05) is 0 Å². The number of nitrogens with zero attached hydrogens (tertiary/aromatic N) is 2. The number of anilines is 1. The molecule has 0 unspecified atom stereocenters. The van der Waals surface area contributed by atoms with Crippen molar-refractivity contribution in [3.63, 3.8) is 0 Å². The van der Waals surface area contributed by atoms with Gasteiger partial charge >= 0.3 is 0 Å². The number of piperazine rings is 1. The highest BCUT2D eigenvalue weighted by Crippen LogP contribution is 2.20. The maximum Gasteiger partial charge on any atom is 0.0396 e. The van der Waals surface area contributed by atoms with Crippen LogP contribution in [-0.4, -0.2) is 30.5 Å². The number of aryl methyl sites for hydroxylation is 1. The molecule has 0 N–H and O–H groups in total. The Bertz CT molecular complexity index is 306. The van der Waals surface area contributed by atoms with E-state index >= 15 is 0 Å². The van der Waals surface area contributed by atoms with Gasteiger partial charge in [0.2, 0.25) is 0 Å². The number of hydrogen-bond donors (Lipinski definition) is 1. The van der Waals surface area contributed by atoms with E-state index < -0.39 is 0 Å². The van der Waals surface area contributed by atoms with Crippen molar-refractivity contribution in [1.82, 2.24) is 4.31 Å².